The Morgan fingerprint density at radius 2 is 1.96 bits per heavy atom. The normalized spacial score (nSPS) is 13.8. The average molecular weight is 694 g/mol. The fourth-order valence-electron chi connectivity index (χ4n) is 4.94. The lowest BCUT2D eigenvalue weighted by Gasteiger charge is -2.29. The van der Waals surface area contributed by atoms with Gasteiger partial charge in [0.15, 0.2) is 0 Å². The molecule has 3 aromatic rings. The summed E-state index contributed by atoms with van der Waals surface area (Å²) in [6, 6.07) is 9.67. The van der Waals surface area contributed by atoms with Crippen molar-refractivity contribution in [2.45, 2.75) is 78.7 Å². The summed E-state index contributed by atoms with van der Waals surface area (Å²) in [5, 5.41) is 9.55. The molecule has 10 heteroatoms. The van der Waals surface area contributed by atoms with Gasteiger partial charge in [-0.05, 0) is 26.8 Å². The Balaban J connectivity index is 0.00000361. The van der Waals surface area contributed by atoms with Crippen LogP contribution in [0, 0.1) is 17.2 Å². The van der Waals surface area contributed by atoms with Crippen LogP contribution in [-0.4, -0.2) is 48.7 Å². The van der Waals surface area contributed by atoms with E-state index >= 15 is 0 Å². The number of rotatable bonds is 16. The Morgan fingerprint density at radius 1 is 1.26 bits per heavy atom. The Labute approximate surface area is 281 Å². The van der Waals surface area contributed by atoms with E-state index in [1.165, 1.54) is 0 Å². The van der Waals surface area contributed by atoms with Crippen molar-refractivity contribution >= 4 is 21.8 Å². The van der Waals surface area contributed by atoms with Crippen LogP contribution in [0.15, 0.2) is 96.8 Å². The Morgan fingerprint density at radius 3 is 2.54 bits per heavy atom. The minimum atomic E-state index is -0.849. The SMILES string of the molecule is C=CC(C)N(Cc1nc(-c2ccccc2Br)cn1CCC(=C)F)C(=O)Cc1cncn1C/C(C)=C/C(C)(OC)C(C#N)C=C.CC. The molecule has 0 aliphatic rings. The highest BCUT2D eigenvalue weighted by atomic mass is 79.9. The van der Waals surface area contributed by atoms with E-state index in [4.69, 9.17) is 9.72 Å². The van der Waals surface area contributed by atoms with Gasteiger partial charge in [-0.3, -0.25) is 4.79 Å². The summed E-state index contributed by atoms with van der Waals surface area (Å²) in [7, 11) is 1.56. The summed E-state index contributed by atoms with van der Waals surface area (Å²) >= 11 is 3.59. The van der Waals surface area contributed by atoms with E-state index in [-0.39, 0.29) is 31.3 Å². The second kappa shape index (κ2) is 18.2. The van der Waals surface area contributed by atoms with Crippen molar-refractivity contribution in [1.82, 2.24) is 24.0 Å². The Bertz CT molecular complexity index is 1570. The first-order valence-corrected chi connectivity index (χ1v) is 16.1. The first-order chi connectivity index (χ1) is 22.0. The Hall–Kier alpha value is -4.07. The van der Waals surface area contributed by atoms with Gasteiger partial charge >= 0.3 is 0 Å². The molecule has 0 saturated heterocycles. The molecule has 0 aliphatic carbocycles. The average Bonchev–Trinajstić information content (AvgIpc) is 3.65. The highest BCUT2D eigenvalue weighted by Crippen LogP contribution is 2.29. The van der Waals surface area contributed by atoms with E-state index in [9.17, 15) is 14.4 Å². The summed E-state index contributed by atoms with van der Waals surface area (Å²) in [6.07, 6.45) is 10.7. The lowest BCUT2D eigenvalue weighted by molar-refractivity contribution is -0.132. The van der Waals surface area contributed by atoms with Gasteiger partial charge in [-0.2, -0.15) is 5.26 Å². The zero-order valence-electron chi connectivity index (χ0n) is 27.8. The quantitative estimate of drug-likeness (QED) is 0.141. The third-order valence-electron chi connectivity index (χ3n) is 7.61. The molecular weight excluding hydrogens is 647 g/mol. The van der Waals surface area contributed by atoms with Crippen molar-refractivity contribution in [3.63, 3.8) is 0 Å². The summed E-state index contributed by atoms with van der Waals surface area (Å²) in [5.41, 5.74) is 2.43. The van der Waals surface area contributed by atoms with E-state index in [1.54, 1.807) is 36.7 Å². The van der Waals surface area contributed by atoms with Crippen molar-refractivity contribution in [2.75, 3.05) is 7.11 Å². The van der Waals surface area contributed by atoms with Crippen LogP contribution in [-0.2, 0) is 35.6 Å². The van der Waals surface area contributed by atoms with E-state index < -0.39 is 17.3 Å². The summed E-state index contributed by atoms with van der Waals surface area (Å²) in [4.78, 5) is 24.7. The van der Waals surface area contributed by atoms with Crippen molar-refractivity contribution in [3.05, 3.63) is 108 Å². The maximum absolute atomic E-state index is 13.8. The van der Waals surface area contributed by atoms with Crippen molar-refractivity contribution in [3.8, 4) is 17.3 Å². The minimum absolute atomic E-state index is 0.0968. The van der Waals surface area contributed by atoms with Gasteiger partial charge < -0.3 is 18.8 Å². The number of ether oxygens (including phenoxy) is 1. The van der Waals surface area contributed by atoms with Crippen LogP contribution in [0.5, 0.6) is 0 Å². The van der Waals surface area contributed by atoms with Crippen molar-refractivity contribution in [2.24, 2.45) is 5.92 Å². The molecular formula is C36H46BrFN6O2. The van der Waals surface area contributed by atoms with E-state index in [1.807, 2.05) is 80.3 Å². The number of methoxy groups -OCH3 is 1. The molecule has 0 bridgehead atoms. The number of aromatic nitrogens is 4. The molecule has 2 aromatic heterocycles. The van der Waals surface area contributed by atoms with Crippen LogP contribution in [0.4, 0.5) is 4.39 Å². The molecule has 0 N–H and O–H groups in total. The van der Waals surface area contributed by atoms with Crippen LogP contribution in [0.25, 0.3) is 11.3 Å². The molecule has 1 amide bonds. The van der Waals surface area contributed by atoms with Gasteiger partial charge in [0.2, 0.25) is 5.91 Å². The maximum atomic E-state index is 13.8. The fourth-order valence-corrected chi connectivity index (χ4v) is 5.43. The number of imidazole rings is 2. The predicted molar refractivity (Wildman–Crippen MR) is 186 cm³/mol. The van der Waals surface area contributed by atoms with Crippen LogP contribution in [0.1, 0.15) is 52.6 Å². The summed E-state index contributed by atoms with van der Waals surface area (Å²) in [5.74, 6) is -0.458. The molecule has 1 aromatic carbocycles. The minimum Gasteiger partial charge on any atom is -0.373 e. The molecule has 0 radical (unpaired) electrons. The number of hydrogen-bond donors (Lipinski definition) is 0. The van der Waals surface area contributed by atoms with Crippen molar-refractivity contribution in [1.29, 1.82) is 5.26 Å². The smallest absolute Gasteiger partial charge is 0.229 e. The highest BCUT2D eigenvalue weighted by molar-refractivity contribution is 9.10. The molecule has 0 fully saturated rings. The third kappa shape index (κ3) is 9.96. The third-order valence-corrected chi connectivity index (χ3v) is 8.31. The maximum Gasteiger partial charge on any atom is 0.229 e. The number of aryl methyl sites for hydroxylation is 1. The molecule has 2 heterocycles. The Kier molecular flexibility index (Phi) is 15.1. The summed E-state index contributed by atoms with van der Waals surface area (Å²) in [6.45, 7) is 21.8. The second-order valence-corrected chi connectivity index (χ2v) is 11.7. The highest BCUT2D eigenvalue weighted by Gasteiger charge is 2.30. The largest absolute Gasteiger partial charge is 0.373 e. The van der Waals surface area contributed by atoms with Crippen molar-refractivity contribution < 1.29 is 13.9 Å². The molecule has 3 rings (SSSR count). The fraction of sp³-hybridized carbons (Fsp3) is 0.389. The molecule has 0 aliphatic heterocycles. The lowest BCUT2D eigenvalue weighted by Crippen LogP contribution is -2.39. The number of hydrogen-bond acceptors (Lipinski definition) is 5. The molecule has 46 heavy (non-hydrogen) atoms. The monoisotopic (exact) mass is 692 g/mol. The van der Waals surface area contributed by atoms with Crippen LogP contribution < -0.4 is 0 Å². The van der Waals surface area contributed by atoms with Crippen LogP contribution in [0.3, 0.4) is 0 Å². The van der Waals surface area contributed by atoms with Crippen LogP contribution in [0.2, 0.25) is 0 Å². The molecule has 246 valence electrons. The number of halogens is 2. The van der Waals surface area contributed by atoms with Gasteiger partial charge in [0.1, 0.15) is 11.4 Å². The number of benzene rings is 1. The predicted octanol–water partition coefficient (Wildman–Crippen LogP) is 8.23. The van der Waals surface area contributed by atoms with E-state index in [0.717, 1.165) is 21.3 Å². The second-order valence-electron chi connectivity index (χ2n) is 10.9. The van der Waals surface area contributed by atoms with E-state index in [2.05, 4.69) is 46.7 Å². The van der Waals surface area contributed by atoms with Gasteiger partial charge in [-0.1, -0.05) is 78.4 Å². The first kappa shape index (κ1) is 38.1. The molecule has 0 spiro atoms. The van der Waals surface area contributed by atoms with Gasteiger partial charge in [-0.15, -0.1) is 13.2 Å². The molecule has 0 saturated carbocycles. The molecule has 8 nitrogen and oxygen atoms in total. The van der Waals surface area contributed by atoms with Gasteiger partial charge in [-0.25, -0.2) is 14.4 Å². The first-order valence-electron chi connectivity index (χ1n) is 15.3. The topological polar surface area (TPSA) is 89.0 Å². The van der Waals surface area contributed by atoms with Crippen LogP contribution >= 0.6 is 15.9 Å². The number of carbonyl (C=O) groups is 1. The lowest BCUT2D eigenvalue weighted by atomic mass is 9.88. The number of amides is 1. The zero-order valence-corrected chi connectivity index (χ0v) is 29.4. The summed E-state index contributed by atoms with van der Waals surface area (Å²) < 4.78 is 24.0. The van der Waals surface area contributed by atoms with Gasteiger partial charge in [0, 0.05) is 60.8 Å². The number of nitrogens with zero attached hydrogens (tertiary/aromatic N) is 6. The number of nitriles is 1. The molecule has 3 unspecified atom stereocenters. The van der Waals surface area contributed by atoms with Gasteiger partial charge in [0.05, 0.1) is 42.8 Å². The number of allylic oxidation sites excluding steroid dienone is 2. The standard InChI is InChI=1S/C34H40BrFN6O2.C2H6/c1-8-26(5)42(22-32-39-31(21-40(32)15-14-25(4)36)29-12-10-11-13-30(29)35)33(43)16-28-19-38-23-41(28)20-24(3)17-34(6,44-7)27(9-2)18-37;1-2/h8-13,17,19,21,23,26-27H,1-2,4,14-16,20,22H2,3,5-7H3;1-2H3/b24-17+;. The zero-order chi connectivity index (χ0) is 34.4. The van der Waals surface area contributed by atoms with E-state index in [0.29, 0.717) is 24.6 Å². The van der Waals surface area contributed by atoms with Gasteiger partial charge in [0.25, 0.3) is 0 Å². The molecule has 3 atom stereocenters. The number of carbonyl (C=O) groups excluding carboxylic acids is 1.